The number of thiophene rings is 1. The Morgan fingerprint density at radius 3 is 2.67 bits per heavy atom. The summed E-state index contributed by atoms with van der Waals surface area (Å²) in [6, 6.07) is 6.75. The molecule has 1 aromatic heterocycles. The van der Waals surface area contributed by atoms with Crippen LogP contribution in [0, 0.1) is 0 Å². The molecule has 0 aliphatic carbocycles. The third kappa shape index (κ3) is 4.64. The summed E-state index contributed by atoms with van der Waals surface area (Å²) in [5, 5.41) is 9.42. The van der Waals surface area contributed by atoms with Crippen molar-refractivity contribution in [2.45, 2.75) is 6.61 Å². The van der Waals surface area contributed by atoms with Crippen LogP contribution >= 0.6 is 46.1 Å². The van der Waals surface area contributed by atoms with Crippen LogP contribution in [-0.4, -0.2) is 11.1 Å². The number of carboxylic acids is 1. The highest BCUT2D eigenvalue weighted by Crippen LogP contribution is 2.34. The summed E-state index contributed by atoms with van der Waals surface area (Å²) in [4.78, 5) is 11.6. The van der Waals surface area contributed by atoms with E-state index in [1.807, 2.05) is 6.07 Å². The molecule has 0 radical (unpaired) electrons. The van der Waals surface area contributed by atoms with E-state index >= 15 is 0 Å². The molecule has 3 nitrogen and oxygen atoms in total. The summed E-state index contributed by atoms with van der Waals surface area (Å²) in [6.45, 7) is 0.284. The molecule has 21 heavy (non-hydrogen) atoms. The van der Waals surface area contributed by atoms with Gasteiger partial charge in [0.05, 0.1) is 9.36 Å². The Balaban J connectivity index is 2.26. The first kappa shape index (κ1) is 16.2. The van der Waals surface area contributed by atoms with Crippen LogP contribution in [-0.2, 0) is 11.4 Å². The first-order valence-corrected chi connectivity index (χ1v) is 7.68. The molecule has 1 N–H and O–H groups in total. The molecule has 0 bridgehead atoms. The number of hydrogen-bond acceptors (Lipinski definition) is 3. The molecule has 0 amide bonds. The molecule has 2 aromatic rings. The molecule has 0 aliphatic heterocycles. The number of ether oxygens (including phenoxy) is 1. The van der Waals surface area contributed by atoms with Gasteiger partial charge >= 0.3 is 5.97 Å². The normalized spacial score (nSPS) is 11.0. The fourth-order valence-electron chi connectivity index (χ4n) is 1.59. The van der Waals surface area contributed by atoms with Gasteiger partial charge in [0.25, 0.3) is 0 Å². The Hall–Kier alpha value is -1.20. The second kappa shape index (κ2) is 7.18. The van der Waals surface area contributed by atoms with E-state index in [0.717, 1.165) is 11.0 Å². The summed E-state index contributed by atoms with van der Waals surface area (Å²) in [6.07, 6.45) is 2.38. The fourth-order valence-corrected chi connectivity index (χ4v) is 3.15. The topological polar surface area (TPSA) is 46.5 Å². The molecule has 2 rings (SSSR count). The zero-order valence-electron chi connectivity index (χ0n) is 10.5. The van der Waals surface area contributed by atoms with E-state index in [2.05, 4.69) is 0 Å². The first-order valence-electron chi connectivity index (χ1n) is 5.73. The summed E-state index contributed by atoms with van der Waals surface area (Å²) in [5.74, 6) is -0.690. The number of halogens is 3. The van der Waals surface area contributed by atoms with Gasteiger partial charge in [-0.1, -0.05) is 34.8 Å². The summed E-state index contributed by atoms with van der Waals surface area (Å²) in [7, 11) is 0. The lowest BCUT2D eigenvalue weighted by atomic mass is 10.2. The average molecular weight is 364 g/mol. The highest BCUT2D eigenvalue weighted by molar-refractivity contribution is 7.16. The smallest absolute Gasteiger partial charge is 0.328 e. The molecule has 0 spiro atoms. The molecule has 1 aromatic carbocycles. The van der Waals surface area contributed by atoms with E-state index in [0.29, 0.717) is 25.7 Å². The second-order valence-corrected chi connectivity index (χ2v) is 6.62. The van der Waals surface area contributed by atoms with Gasteiger partial charge in [0.1, 0.15) is 12.4 Å². The molecule has 110 valence electrons. The zero-order valence-corrected chi connectivity index (χ0v) is 13.6. The van der Waals surface area contributed by atoms with Crippen LogP contribution in [0.4, 0.5) is 0 Å². The monoisotopic (exact) mass is 362 g/mol. The van der Waals surface area contributed by atoms with E-state index in [4.69, 9.17) is 44.6 Å². The quantitative estimate of drug-likeness (QED) is 0.725. The number of rotatable bonds is 5. The molecular formula is C14H9Cl3O3S. The molecule has 0 saturated carbocycles. The Bertz CT molecular complexity index is 695. The Morgan fingerprint density at radius 2 is 2.05 bits per heavy atom. The van der Waals surface area contributed by atoms with Gasteiger partial charge in [0.15, 0.2) is 0 Å². The summed E-state index contributed by atoms with van der Waals surface area (Å²) >= 11 is 19.3. The molecule has 1 heterocycles. The molecule has 0 aliphatic rings. The highest BCUT2D eigenvalue weighted by atomic mass is 35.5. The third-order valence-electron chi connectivity index (χ3n) is 2.43. The van der Waals surface area contributed by atoms with E-state index in [1.54, 1.807) is 12.1 Å². The van der Waals surface area contributed by atoms with Crippen molar-refractivity contribution >= 4 is 58.2 Å². The lowest BCUT2D eigenvalue weighted by Crippen LogP contribution is -1.96. The minimum Gasteiger partial charge on any atom is -0.486 e. The second-order valence-electron chi connectivity index (χ2n) is 3.97. The lowest BCUT2D eigenvalue weighted by Gasteiger charge is -2.11. The highest BCUT2D eigenvalue weighted by Gasteiger charge is 2.10. The van der Waals surface area contributed by atoms with Crippen LogP contribution in [0.15, 0.2) is 30.3 Å². The Morgan fingerprint density at radius 1 is 1.29 bits per heavy atom. The zero-order chi connectivity index (χ0) is 15.4. The molecule has 7 heteroatoms. The van der Waals surface area contributed by atoms with Gasteiger partial charge in [-0.3, -0.25) is 0 Å². The van der Waals surface area contributed by atoms with Gasteiger partial charge in [0.2, 0.25) is 0 Å². The van der Waals surface area contributed by atoms with Crippen LogP contribution in [0.5, 0.6) is 5.75 Å². The molecule has 0 fully saturated rings. The molecular weight excluding hydrogens is 355 g/mol. The maximum Gasteiger partial charge on any atom is 0.328 e. The Kier molecular flexibility index (Phi) is 5.53. The number of carboxylic acid groups (broad SMARTS) is 1. The predicted octanol–water partition coefficient (Wildman–Crippen LogP) is 5.39. The maximum atomic E-state index is 10.6. The number of benzene rings is 1. The first-order chi connectivity index (χ1) is 9.95. The fraction of sp³-hybridized carbons (Fsp3) is 0.0714. The maximum absolute atomic E-state index is 10.6. The van der Waals surface area contributed by atoms with Crippen LogP contribution in [0.25, 0.3) is 6.08 Å². The van der Waals surface area contributed by atoms with E-state index in [1.165, 1.54) is 23.5 Å². The van der Waals surface area contributed by atoms with Gasteiger partial charge in [-0.25, -0.2) is 4.79 Å². The van der Waals surface area contributed by atoms with Gasteiger partial charge in [-0.2, -0.15) is 0 Å². The standard InChI is InChI=1S/C14H9Cl3O3S/c15-9-5-8(1-4-13(18)19)14(11(16)6-9)20-7-10-2-3-12(17)21-10/h1-6H,7H2,(H,18,19)/b4-1+. The molecule has 0 unspecified atom stereocenters. The number of carbonyl (C=O) groups is 1. The van der Waals surface area contributed by atoms with E-state index in [9.17, 15) is 4.79 Å². The average Bonchev–Trinajstić information content (AvgIpc) is 2.80. The van der Waals surface area contributed by atoms with Gasteiger partial charge in [-0.15, -0.1) is 11.3 Å². The van der Waals surface area contributed by atoms with Crippen LogP contribution in [0.2, 0.25) is 14.4 Å². The van der Waals surface area contributed by atoms with Gasteiger partial charge < -0.3 is 9.84 Å². The summed E-state index contributed by atoms with van der Waals surface area (Å²) in [5.41, 5.74) is 0.498. The van der Waals surface area contributed by atoms with Gasteiger partial charge in [0, 0.05) is 21.5 Å². The third-order valence-corrected chi connectivity index (χ3v) is 4.13. The van der Waals surface area contributed by atoms with Crippen molar-refractivity contribution < 1.29 is 14.6 Å². The lowest BCUT2D eigenvalue weighted by molar-refractivity contribution is -0.131. The minimum atomic E-state index is -1.07. The van der Waals surface area contributed by atoms with Crippen molar-refractivity contribution in [3.8, 4) is 5.75 Å². The van der Waals surface area contributed by atoms with E-state index < -0.39 is 5.97 Å². The number of hydrogen-bond donors (Lipinski definition) is 1. The largest absolute Gasteiger partial charge is 0.486 e. The van der Waals surface area contributed by atoms with Crippen molar-refractivity contribution in [3.63, 3.8) is 0 Å². The number of aliphatic carboxylic acids is 1. The van der Waals surface area contributed by atoms with E-state index in [-0.39, 0.29) is 6.61 Å². The van der Waals surface area contributed by atoms with Crippen molar-refractivity contribution in [2.24, 2.45) is 0 Å². The SMILES string of the molecule is O=C(O)/C=C/c1cc(Cl)cc(Cl)c1OCc1ccc(Cl)s1. The van der Waals surface area contributed by atoms with Crippen LogP contribution in [0.3, 0.4) is 0 Å². The van der Waals surface area contributed by atoms with Crippen LogP contribution < -0.4 is 4.74 Å². The molecule has 0 atom stereocenters. The van der Waals surface area contributed by atoms with Crippen molar-refractivity contribution in [1.82, 2.24) is 0 Å². The minimum absolute atomic E-state index is 0.284. The van der Waals surface area contributed by atoms with Crippen molar-refractivity contribution in [1.29, 1.82) is 0 Å². The van der Waals surface area contributed by atoms with Crippen LogP contribution in [0.1, 0.15) is 10.4 Å². The predicted molar refractivity (Wildman–Crippen MR) is 86.8 cm³/mol. The molecule has 0 saturated heterocycles. The Labute approximate surface area is 140 Å². The van der Waals surface area contributed by atoms with Crippen molar-refractivity contribution in [2.75, 3.05) is 0 Å². The van der Waals surface area contributed by atoms with Crippen molar-refractivity contribution in [3.05, 3.63) is 55.2 Å². The van der Waals surface area contributed by atoms with Gasteiger partial charge in [-0.05, 0) is 30.3 Å². The summed E-state index contributed by atoms with van der Waals surface area (Å²) < 4.78 is 6.34.